The molecule has 0 aliphatic rings. The minimum atomic E-state index is -0.164. The Kier molecular flexibility index (Phi) is 5.75. The van der Waals surface area contributed by atoms with E-state index in [2.05, 4.69) is 39.6 Å². The monoisotopic (exact) mass is 361 g/mol. The van der Waals surface area contributed by atoms with Gasteiger partial charge in [-0.05, 0) is 44.5 Å². The fraction of sp³-hybridized carbons (Fsp3) is 0.278. The third kappa shape index (κ3) is 4.42. The Morgan fingerprint density at radius 2 is 1.86 bits per heavy atom. The number of quaternary nitrogens is 1. The Hall–Kier alpha value is -1.65. The summed E-state index contributed by atoms with van der Waals surface area (Å²) < 4.78 is 1.07. The van der Waals surface area contributed by atoms with E-state index < -0.39 is 0 Å². The molecule has 0 aliphatic heterocycles. The molecule has 3 nitrogen and oxygen atoms in total. The second-order valence-electron chi connectivity index (χ2n) is 5.65. The molecule has 0 fully saturated rings. The summed E-state index contributed by atoms with van der Waals surface area (Å²) in [4.78, 5) is 12.3. The topological polar surface area (TPSA) is 45.7 Å². The lowest BCUT2D eigenvalue weighted by Gasteiger charge is -2.18. The van der Waals surface area contributed by atoms with Crippen molar-refractivity contribution in [3.05, 3.63) is 64.1 Å². The number of carbonyl (C=O) groups excluding carboxylic acids is 1. The molecule has 0 aromatic heterocycles. The number of hydrogen-bond acceptors (Lipinski definition) is 1. The Labute approximate surface area is 140 Å². The molecular formula is C18H22BrN2O+. The van der Waals surface area contributed by atoms with E-state index in [1.807, 2.05) is 56.3 Å². The molecule has 2 rings (SSSR count). The van der Waals surface area contributed by atoms with Crippen molar-refractivity contribution in [1.82, 2.24) is 0 Å². The molecular weight excluding hydrogens is 340 g/mol. The fourth-order valence-corrected chi connectivity index (χ4v) is 3.09. The van der Waals surface area contributed by atoms with Gasteiger partial charge < -0.3 is 10.6 Å². The van der Waals surface area contributed by atoms with Crippen LogP contribution in [0.25, 0.3) is 0 Å². The van der Waals surface area contributed by atoms with Gasteiger partial charge in [0.05, 0.1) is 0 Å². The molecule has 2 atom stereocenters. The summed E-state index contributed by atoms with van der Waals surface area (Å²) in [5.41, 5.74) is 3.17. The number of hydrogen-bond donors (Lipinski definition) is 2. The number of nitrogens with one attached hydrogen (secondary N) is 1. The molecule has 0 radical (unpaired) electrons. The molecule has 3 N–H and O–H groups in total. The summed E-state index contributed by atoms with van der Waals surface area (Å²) in [6.07, 6.45) is 0. The van der Waals surface area contributed by atoms with Gasteiger partial charge in [-0.3, -0.25) is 4.79 Å². The SMILES string of the molecule is Cc1cccc(NC(=O)[C@H](C)[NH2+][C@@H](C)c2ccccc2Br)c1. The van der Waals surface area contributed by atoms with Crippen LogP contribution in [-0.2, 0) is 4.79 Å². The Morgan fingerprint density at radius 1 is 1.14 bits per heavy atom. The number of amides is 1. The van der Waals surface area contributed by atoms with Crippen LogP contribution in [0, 0.1) is 6.92 Å². The van der Waals surface area contributed by atoms with Gasteiger partial charge in [-0.25, -0.2) is 0 Å². The van der Waals surface area contributed by atoms with E-state index >= 15 is 0 Å². The third-order valence-electron chi connectivity index (χ3n) is 3.67. The van der Waals surface area contributed by atoms with Gasteiger partial charge in [0.25, 0.3) is 5.91 Å². The molecule has 22 heavy (non-hydrogen) atoms. The summed E-state index contributed by atoms with van der Waals surface area (Å²) in [6, 6.07) is 16.0. The quantitative estimate of drug-likeness (QED) is 0.841. The molecule has 2 aromatic rings. The van der Waals surface area contributed by atoms with Gasteiger partial charge in [0, 0.05) is 15.7 Å². The predicted octanol–water partition coefficient (Wildman–Crippen LogP) is 3.41. The van der Waals surface area contributed by atoms with Gasteiger partial charge in [-0.1, -0.05) is 46.3 Å². The first-order chi connectivity index (χ1) is 10.5. The predicted molar refractivity (Wildman–Crippen MR) is 93.8 cm³/mol. The molecule has 116 valence electrons. The van der Waals surface area contributed by atoms with Crippen LogP contribution in [0.1, 0.15) is 31.0 Å². The standard InChI is InChI=1S/C18H21BrN2O/c1-12-7-6-8-15(11-12)21-18(22)14(3)20-13(2)16-9-4-5-10-17(16)19/h4-11,13-14,20H,1-3H3,(H,21,22)/p+1/t13-,14-/m0/s1. The number of halogens is 1. The lowest BCUT2D eigenvalue weighted by molar-refractivity contribution is -0.709. The molecule has 0 heterocycles. The van der Waals surface area contributed by atoms with Crippen LogP contribution < -0.4 is 10.6 Å². The third-order valence-corrected chi connectivity index (χ3v) is 4.39. The molecule has 1 amide bonds. The molecule has 0 saturated carbocycles. The maximum atomic E-state index is 12.3. The summed E-state index contributed by atoms with van der Waals surface area (Å²) in [5.74, 6) is 0.0181. The van der Waals surface area contributed by atoms with E-state index in [9.17, 15) is 4.79 Å². The van der Waals surface area contributed by atoms with Crippen LogP contribution in [0.3, 0.4) is 0 Å². The van der Waals surface area contributed by atoms with Crippen molar-refractivity contribution in [2.75, 3.05) is 5.32 Å². The molecule has 0 spiro atoms. The average Bonchev–Trinajstić information content (AvgIpc) is 2.47. The van der Waals surface area contributed by atoms with Crippen molar-refractivity contribution in [1.29, 1.82) is 0 Å². The molecule has 0 bridgehead atoms. The van der Waals surface area contributed by atoms with Gasteiger partial charge in [-0.2, -0.15) is 0 Å². The largest absolute Gasteiger partial charge is 0.330 e. The highest BCUT2D eigenvalue weighted by atomic mass is 79.9. The van der Waals surface area contributed by atoms with Crippen molar-refractivity contribution in [3.63, 3.8) is 0 Å². The number of aryl methyl sites for hydroxylation is 1. The van der Waals surface area contributed by atoms with Crippen molar-refractivity contribution < 1.29 is 10.1 Å². The molecule has 0 aliphatic carbocycles. The number of rotatable bonds is 5. The van der Waals surface area contributed by atoms with Gasteiger partial charge in [0.2, 0.25) is 0 Å². The fourth-order valence-electron chi connectivity index (χ4n) is 2.45. The number of nitrogens with two attached hydrogens (primary N) is 1. The highest BCUT2D eigenvalue weighted by Gasteiger charge is 2.21. The van der Waals surface area contributed by atoms with E-state index in [-0.39, 0.29) is 18.0 Å². The number of benzene rings is 2. The second-order valence-corrected chi connectivity index (χ2v) is 6.50. The van der Waals surface area contributed by atoms with E-state index in [1.165, 1.54) is 5.56 Å². The van der Waals surface area contributed by atoms with Gasteiger partial charge in [0.1, 0.15) is 6.04 Å². The summed E-state index contributed by atoms with van der Waals surface area (Å²) in [5, 5.41) is 5.05. The van der Waals surface area contributed by atoms with Crippen LogP contribution in [-0.4, -0.2) is 11.9 Å². The van der Waals surface area contributed by atoms with Crippen LogP contribution in [0.4, 0.5) is 5.69 Å². The van der Waals surface area contributed by atoms with E-state index in [0.29, 0.717) is 0 Å². The highest BCUT2D eigenvalue weighted by Crippen LogP contribution is 2.20. The van der Waals surface area contributed by atoms with Gasteiger partial charge >= 0.3 is 0 Å². The maximum absolute atomic E-state index is 12.3. The lowest BCUT2D eigenvalue weighted by atomic mass is 10.1. The summed E-state index contributed by atoms with van der Waals surface area (Å²) >= 11 is 3.57. The summed E-state index contributed by atoms with van der Waals surface area (Å²) in [7, 11) is 0. The summed E-state index contributed by atoms with van der Waals surface area (Å²) in [6.45, 7) is 6.05. The Balaban J connectivity index is 1.98. The number of anilines is 1. The van der Waals surface area contributed by atoms with E-state index in [1.54, 1.807) is 0 Å². The van der Waals surface area contributed by atoms with Crippen molar-refractivity contribution >= 4 is 27.5 Å². The first kappa shape index (κ1) is 16.7. The Bertz CT molecular complexity index is 657. The Morgan fingerprint density at radius 3 is 2.55 bits per heavy atom. The normalized spacial score (nSPS) is 13.5. The minimum Gasteiger partial charge on any atom is -0.330 e. The van der Waals surface area contributed by atoms with Crippen molar-refractivity contribution in [2.45, 2.75) is 32.9 Å². The van der Waals surface area contributed by atoms with Crippen molar-refractivity contribution in [2.24, 2.45) is 0 Å². The molecule has 0 saturated heterocycles. The van der Waals surface area contributed by atoms with E-state index in [0.717, 1.165) is 15.7 Å². The molecule has 4 heteroatoms. The molecule has 0 unspecified atom stereocenters. The first-order valence-electron chi connectivity index (χ1n) is 7.44. The highest BCUT2D eigenvalue weighted by molar-refractivity contribution is 9.10. The van der Waals surface area contributed by atoms with Crippen molar-refractivity contribution in [3.8, 4) is 0 Å². The van der Waals surface area contributed by atoms with Crippen LogP contribution in [0.15, 0.2) is 53.0 Å². The lowest BCUT2D eigenvalue weighted by Crippen LogP contribution is -2.91. The van der Waals surface area contributed by atoms with Gasteiger partial charge in [0.15, 0.2) is 6.04 Å². The zero-order valence-corrected chi connectivity index (χ0v) is 14.7. The maximum Gasteiger partial charge on any atom is 0.282 e. The zero-order chi connectivity index (χ0) is 16.1. The second kappa shape index (κ2) is 7.56. The first-order valence-corrected chi connectivity index (χ1v) is 8.23. The average molecular weight is 362 g/mol. The van der Waals surface area contributed by atoms with E-state index in [4.69, 9.17) is 0 Å². The minimum absolute atomic E-state index is 0.0181. The van der Waals surface area contributed by atoms with Crippen LogP contribution >= 0.6 is 15.9 Å². The van der Waals surface area contributed by atoms with Crippen LogP contribution in [0.5, 0.6) is 0 Å². The number of carbonyl (C=O) groups is 1. The smallest absolute Gasteiger partial charge is 0.282 e. The zero-order valence-electron chi connectivity index (χ0n) is 13.1. The van der Waals surface area contributed by atoms with Gasteiger partial charge in [-0.15, -0.1) is 0 Å². The molecule has 2 aromatic carbocycles. The van der Waals surface area contributed by atoms with Crippen LogP contribution in [0.2, 0.25) is 0 Å².